The fourth-order valence-electron chi connectivity index (χ4n) is 3.66. The zero-order chi connectivity index (χ0) is 19.9. The van der Waals surface area contributed by atoms with Gasteiger partial charge in [-0.15, -0.1) is 0 Å². The van der Waals surface area contributed by atoms with E-state index < -0.39 is 6.04 Å². The summed E-state index contributed by atoms with van der Waals surface area (Å²) in [6, 6.07) is 7.54. The van der Waals surface area contributed by atoms with Gasteiger partial charge >= 0.3 is 0 Å². The van der Waals surface area contributed by atoms with E-state index in [2.05, 4.69) is 22.8 Å². The molecule has 0 spiro atoms. The van der Waals surface area contributed by atoms with Crippen molar-refractivity contribution in [2.24, 2.45) is 11.7 Å². The van der Waals surface area contributed by atoms with Crippen LogP contribution >= 0.6 is 0 Å². The van der Waals surface area contributed by atoms with Crippen molar-refractivity contribution in [3.8, 4) is 5.75 Å². The highest BCUT2D eigenvalue weighted by atomic mass is 16.5. The van der Waals surface area contributed by atoms with Gasteiger partial charge < -0.3 is 21.1 Å². The maximum Gasteiger partial charge on any atom is 0.239 e. The van der Waals surface area contributed by atoms with Crippen molar-refractivity contribution in [2.75, 3.05) is 20.2 Å². The van der Waals surface area contributed by atoms with Crippen molar-refractivity contribution in [1.82, 2.24) is 10.6 Å². The van der Waals surface area contributed by atoms with Crippen LogP contribution in [0.15, 0.2) is 24.3 Å². The van der Waals surface area contributed by atoms with Gasteiger partial charge in [0.05, 0.1) is 19.7 Å². The quantitative estimate of drug-likeness (QED) is 0.649. The van der Waals surface area contributed by atoms with Gasteiger partial charge in [-0.3, -0.25) is 9.59 Å². The summed E-state index contributed by atoms with van der Waals surface area (Å²) in [7, 11) is 1.66. The predicted octanol–water partition coefficient (Wildman–Crippen LogP) is 2.11. The van der Waals surface area contributed by atoms with Gasteiger partial charge in [0.2, 0.25) is 11.8 Å². The monoisotopic (exact) mass is 375 g/mol. The molecule has 27 heavy (non-hydrogen) atoms. The molecule has 2 rings (SSSR count). The minimum absolute atomic E-state index is 0.0358. The van der Waals surface area contributed by atoms with Gasteiger partial charge in [-0.05, 0) is 36.5 Å². The SMILES string of the molecule is COc1ccc(C2(CNC(=O)CNC(=O)[C@@H](N)C(C)C)CCCCC2)cc1. The highest BCUT2D eigenvalue weighted by molar-refractivity contribution is 5.87. The number of hydrogen-bond donors (Lipinski definition) is 3. The van der Waals surface area contributed by atoms with E-state index >= 15 is 0 Å². The van der Waals surface area contributed by atoms with E-state index in [4.69, 9.17) is 10.5 Å². The van der Waals surface area contributed by atoms with Gasteiger partial charge in [-0.25, -0.2) is 0 Å². The predicted molar refractivity (Wildman–Crippen MR) is 107 cm³/mol. The van der Waals surface area contributed by atoms with Gasteiger partial charge in [0.25, 0.3) is 0 Å². The molecule has 0 bridgehead atoms. The van der Waals surface area contributed by atoms with Gasteiger partial charge in [-0.2, -0.15) is 0 Å². The number of hydrogen-bond acceptors (Lipinski definition) is 4. The number of rotatable bonds is 8. The van der Waals surface area contributed by atoms with Crippen LogP contribution < -0.4 is 21.1 Å². The number of amides is 2. The first kappa shape index (κ1) is 21.2. The third kappa shape index (κ3) is 5.70. The first-order valence-electron chi connectivity index (χ1n) is 9.82. The lowest BCUT2D eigenvalue weighted by Crippen LogP contribution is -2.49. The van der Waals surface area contributed by atoms with Crippen molar-refractivity contribution >= 4 is 11.8 Å². The molecule has 150 valence electrons. The molecule has 0 aliphatic heterocycles. The van der Waals surface area contributed by atoms with Crippen molar-refractivity contribution < 1.29 is 14.3 Å². The molecule has 1 aliphatic carbocycles. The number of ether oxygens (including phenoxy) is 1. The van der Waals surface area contributed by atoms with Gasteiger partial charge in [0.1, 0.15) is 5.75 Å². The van der Waals surface area contributed by atoms with Crippen molar-refractivity contribution in [2.45, 2.75) is 57.4 Å². The summed E-state index contributed by atoms with van der Waals surface area (Å²) in [5.74, 6) is 0.395. The summed E-state index contributed by atoms with van der Waals surface area (Å²) in [5.41, 5.74) is 6.98. The van der Waals surface area contributed by atoms with Crippen LogP contribution in [-0.4, -0.2) is 38.1 Å². The van der Waals surface area contributed by atoms with Gasteiger partial charge in [-0.1, -0.05) is 45.2 Å². The van der Waals surface area contributed by atoms with Crippen LogP contribution in [0.2, 0.25) is 0 Å². The second kappa shape index (κ2) is 9.74. The van der Waals surface area contributed by atoms with E-state index in [1.165, 1.54) is 12.0 Å². The number of methoxy groups -OCH3 is 1. The first-order chi connectivity index (χ1) is 12.9. The molecule has 1 saturated carbocycles. The minimum atomic E-state index is -0.596. The van der Waals surface area contributed by atoms with E-state index in [-0.39, 0.29) is 29.7 Å². The number of carbonyl (C=O) groups is 2. The van der Waals surface area contributed by atoms with E-state index in [1.54, 1.807) is 7.11 Å². The molecular weight excluding hydrogens is 342 g/mol. The average Bonchev–Trinajstić information content (AvgIpc) is 2.70. The normalized spacial score (nSPS) is 17.2. The molecule has 0 radical (unpaired) electrons. The van der Waals surface area contributed by atoms with Crippen LogP contribution in [0.1, 0.15) is 51.5 Å². The lowest BCUT2D eigenvalue weighted by Gasteiger charge is -2.38. The van der Waals surface area contributed by atoms with Crippen LogP contribution in [0.4, 0.5) is 0 Å². The van der Waals surface area contributed by atoms with E-state index in [9.17, 15) is 9.59 Å². The Labute approximate surface area is 162 Å². The van der Waals surface area contributed by atoms with Crippen LogP contribution in [0, 0.1) is 5.92 Å². The Balaban J connectivity index is 1.96. The molecule has 1 atom stereocenters. The van der Waals surface area contributed by atoms with Crippen molar-refractivity contribution in [3.05, 3.63) is 29.8 Å². The Morgan fingerprint density at radius 1 is 1.11 bits per heavy atom. The fraction of sp³-hybridized carbons (Fsp3) is 0.619. The molecule has 2 amide bonds. The van der Waals surface area contributed by atoms with E-state index in [0.29, 0.717) is 6.54 Å². The molecular formula is C21H33N3O3. The molecule has 1 aromatic carbocycles. The highest BCUT2D eigenvalue weighted by Gasteiger charge is 2.34. The molecule has 1 aromatic rings. The molecule has 4 N–H and O–H groups in total. The summed E-state index contributed by atoms with van der Waals surface area (Å²) in [6.45, 7) is 4.29. The summed E-state index contributed by atoms with van der Waals surface area (Å²) in [4.78, 5) is 24.2. The summed E-state index contributed by atoms with van der Waals surface area (Å²) < 4.78 is 5.26. The van der Waals surface area contributed by atoms with Gasteiger partial charge in [0.15, 0.2) is 0 Å². The summed E-state index contributed by atoms with van der Waals surface area (Å²) >= 11 is 0. The maximum atomic E-state index is 12.3. The third-order valence-electron chi connectivity index (χ3n) is 5.58. The Hall–Kier alpha value is -2.08. The number of nitrogens with two attached hydrogens (primary N) is 1. The van der Waals surface area contributed by atoms with Gasteiger partial charge in [0, 0.05) is 12.0 Å². The Bertz CT molecular complexity index is 622. The number of carbonyl (C=O) groups excluding carboxylic acids is 2. The van der Waals surface area contributed by atoms with Crippen LogP contribution in [0.25, 0.3) is 0 Å². The second-order valence-corrected chi connectivity index (χ2v) is 7.83. The van der Waals surface area contributed by atoms with Crippen LogP contribution in [0.3, 0.4) is 0 Å². The molecule has 1 fully saturated rings. The topological polar surface area (TPSA) is 93.5 Å². The zero-order valence-corrected chi connectivity index (χ0v) is 16.7. The summed E-state index contributed by atoms with van der Waals surface area (Å²) in [6.07, 6.45) is 5.63. The smallest absolute Gasteiger partial charge is 0.239 e. The zero-order valence-electron chi connectivity index (χ0n) is 16.7. The molecule has 6 nitrogen and oxygen atoms in total. The summed E-state index contributed by atoms with van der Waals surface area (Å²) in [5, 5.41) is 5.64. The Kier molecular flexibility index (Phi) is 7.66. The average molecular weight is 376 g/mol. The number of benzene rings is 1. The standard InChI is InChI=1S/C21H33N3O3/c1-15(2)19(22)20(26)23-13-18(25)24-14-21(11-5-4-6-12-21)16-7-9-17(27-3)10-8-16/h7-10,15,19H,4-6,11-14,22H2,1-3H3,(H,23,26)(H,24,25)/t19-/m0/s1. The lowest BCUT2D eigenvalue weighted by molar-refractivity contribution is -0.127. The molecule has 1 aliphatic rings. The fourth-order valence-corrected chi connectivity index (χ4v) is 3.66. The number of nitrogens with one attached hydrogen (secondary N) is 2. The first-order valence-corrected chi connectivity index (χ1v) is 9.82. The lowest BCUT2D eigenvalue weighted by atomic mass is 9.69. The molecule has 0 aromatic heterocycles. The van der Waals surface area contributed by atoms with E-state index in [1.807, 2.05) is 26.0 Å². The van der Waals surface area contributed by atoms with Crippen LogP contribution in [-0.2, 0) is 15.0 Å². The largest absolute Gasteiger partial charge is 0.497 e. The third-order valence-corrected chi connectivity index (χ3v) is 5.58. The highest BCUT2D eigenvalue weighted by Crippen LogP contribution is 2.39. The molecule has 6 heteroatoms. The molecule has 0 unspecified atom stereocenters. The maximum absolute atomic E-state index is 12.3. The molecule has 0 heterocycles. The second-order valence-electron chi connectivity index (χ2n) is 7.83. The van der Waals surface area contributed by atoms with Crippen LogP contribution in [0.5, 0.6) is 5.75 Å². The Morgan fingerprint density at radius 2 is 1.74 bits per heavy atom. The van der Waals surface area contributed by atoms with Crippen molar-refractivity contribution in [1.29, 1.82) is 0 Å². The van der Waals surface area contributed by atoms with Crippen molar-refractivity contribution in [3.63, 3.8) is 0 Å². The van der Waals surface area contributed by atoms with E-state index in [0.717, 1.165) is 31.4 Å². The molecule has 0 saturated heterocycles. The Morgan fingerprint density at radius 3 is 2.30 bits per heavy atom. The minimum Gasteiger partial charge on any atom is -0.497 e.